The van der Waals surface area contributed by atoms with E-state index in [9.17, 15) is 14.4 Å². The lowest BCUT2D eigenvalue weighted by Crippen LogP contribution is -2.40. The average molecular weight is 417 g/mol. The molecule has 4 rings (SSSR count). The van der Waals surface area contributed by atoms with Crippen molar-refractivity contribution in [3.05, 3.63) is 84.9 Å². The SMILES string of the molecule is O=C(NCc1csc2ncnn12)c1c[nH]c(=O)n(Cc2ccccc2Cl)c1=O. The van der Waals surface area contributed by atoms with Gasteiger partial charge in [0.2, 0.25) is 4.96 Å². The molecule has 3 aromatic heterocycles. The number of aromatic amines is 1. The number of nitrogens with zero attached hydrogens (tertiary/aromatic N) is 4. The molecule has 0 fully saturated rings. The molecule has 142 valence electrons. The number of hydrogen-bond acceptors (Lipinski definition) is 6. The van der Waals surface area contributed by atoms with E-state index in [4.69, 9.17) is 11.6 Å². The van der Waals surface area contributed by atoms with Crippen LogP contribution in [0.1, 0.15) is 21.6 Å². The molecule has 0 saturated carbocycles. The first-order valence-electron chi connectivity index (χ1n) is 8.15. The smallest absolute Gasteiger partial charge is 0.328 e. The number of aromatic nitrogens is 5. The number of carbonyl (C=O) groups excluding carboxylic acids is 1. The number of nitrogens with one attached hydrogen (secondary N) is 2. The lowest BCUT2D eigenvalue weighted by atomic mass is 10.2. The van der Waals surface area contributed by atoms with Crippen LogP contribution in [0.4, 0.5) is 0 Å². The third-order valence-electron chi connectivity index (χ3n) is 4.11. The third-order valence-corrected chi connectivity index (χ3v) is 5.36. The maximum atomic E-state index is 12.7. The lowest BCUT2D eigenvalue weighted by molar-refractivity contribution is 0.0947. The predicted octanol–water partition coefficient (Wildman–Crippen LogP) is 1.27. The second kappa shape index (κ2) is 7.41. The molecule has 4 aromatic rings. The number of halogens is 1. The van der Waals surface area contributed by atoms with E-state index in [1.165, 1.54) is 17.7 Å². The van der Waals surface area contributed by atoms with Gasteiger partial charge in [-0.05, 0) is 11.6 Å². The minimum absolute atomic E-state index is 0.0426. The number of rotatable bonds is 5. The Bertz CT molecular complexity index is 1290. The second-order valence-electron chi connectivity index (χ2n) is 5.85. The Hall–Kier alpha value is -3.24. The van der Waals surface area contributed by atoms with Crippen molar-refractivity contribution in [2.75, 3.05) is 0 Å². The maximum Gasteiger partial charge on any atom is 0.328 e. The quantitative estimate of drug-likeness (QED) is 0.508. The Kier molecular flexibility index (Phi) is 4.80. The third kappa shape index (κ3) is 3.35. The van der Waals surface area contributed by atoms with Gasteiger partial charge in [-0.15, -0.1) is 11.3 Å². The van der Waals surface area contributed by atoms with Gasteiger partial charge in [0, 0.05) is 16.6 Å². The summed E-state index contributed by atoms with van der Waals surface area (Å²) in [4.78, 5) is 44.5. The van der Waals surface area contributed by atoms with Crippen molar-refractivity contribution in [1.29, 1.82) is 0 Å². The minimum Gasteiger partial charge on any atom is -0.346 e. The number of carbonyl (C=O) groups is 1. The fourth-order valence-corrected chi connectivity index (χ4v) is 3.67. The van der Waals surface area contributed by atoms with Crippen LogP contribution in [0.5, 0.6) is 0 Å². The lowest BCUT2D eigenvalue weighted by Gasteiger charge is -2.09. The minimum atomic E-state index is -0.697. The molecule has 0 aliphatic carbocycles. The number of fused-ring (bicyclic) bond motifs is 1. The molecule has 3 heterocycles. The van der Waals surface area contributed by atoms with Gasteiger partial charge < -0.3 is 10.3 Å². The predicted molar refractivity (Wildman–Crippen MR) is 104 cm³/mol. The largest absolute Gasteiger partial charge is 0.346 e. The van der Waals surface area contributed by atoms with Crippen molar-refractivity contribution in [2.24, 2.45) is 0 Å². The van der Waals surface area contributed by atoms with Crippen molar-refractivity contribution in [1.82, 2.24) is 29.5 Å². The van der Waals surface area contributed by atoms with E-state index in [-0.39, 0.29) is 18.7 Å². The molecule has 1 amide bonds. The Balaban J connectivity index is 1.58. The summed E-state index contributed by atoms with van der Waals surface area (Å²) in [5, 5.41) is 8.98. The van der Waals surface area contributed by atoms with Crippen LogP contribution in [0.3, 0.4) is 0 Å². The Labute approximate surface area is 166 Å². The molecular weight excluding hydrogens is 404 g/mol. The maximum absolute atomic E-state index is 12.7. The van der Waals surface area contributed by atoms with E-state index in [2.05, 4.69) is 20.4 Å². The van der Waals surface area contributed by atoms with E-state index in [0.717, 1.165) is 16.5 Å². The van der Waals surface area contributed by atoms with Crippen LogP contribution in [-0.4, -0.2) is 30.1 Å². The van der Waals surface area contributed by atoms with Gasteiger partial charge in [-0.25, -0.2) is 14.3 Å². The molecule has 0 unspecified atom stereocenters. The Morgan fingerprint density at radius 3 is 2.93 bits per heavy atom. The summed E-state index contributed by atoms with van der Waals surface area (Å²) >= 11 is 7.50. The molecule has 0 radical (unpaired) electrons. The summed E-state index contributed by atoms with van der Waals surface area (Å²) in [5.74, 6) is -0.603. The van der Waals surface area contributed by atoms with Gasteiger partial charge in [-0.1, -0.05) is 29.8 Å². The molecule has 9 nitrogen and oxygen atoms in total. The molecule has 0 bridgehead atoms. The Morgan fingerprint density at radius 2 is 2.11 bits per heavy atom. The second-order valence-corrected chi connectivity index (χ2v) is 7.10. The van der Waals surface area contributed by atoms with Crippen molar-refractivity contribution in [3.63, 3.8) is 0 Å². The van der Waals surface area contributed by atoms with Gasteiger partial charge in [-0.3, -0.25) is 14.2 Å². The summed E-state index contributed by atoms with van der Waals surface area (Å²) in [5.41, 5.74) is -0.162. The molecule has 0 aliphatic heterocycles. The van der Waals surface area contributed by atoms with Crippen LogP contribution in [-0.2, 0) is 13.1 Å². The zero-order valence-electron chi connectivity index (χ0n) is 14.3. The highest BCUT2D eigenvalue weighted by molar-refractivity contribution is 7.15. The summed E-state index contributed by atoms with van der Waals surface area (Å²) in [7, 11) is 0. The number of amides is 1. The van der Waals surface area contributed by atoms with Crippen molar-refractivity contribution in [3.8, 4) is 0 Å². The van der Waals surface area contributed by atoms with Crippen LogP contribution < -0.4 is 16.6 Å². The molecule has 11 heteroatoms. The van der Waals surface area contributed by atoms with Crippen molar-refractivity contribution >= 4 is 33.8 Å². The van der Waals surface area contributed by atoms with Crippen LogP contribution >= 0.6 is 22.9 Å². The normalized spacial score (nSPS) is 11.0. The molecule has 0 aliphatic rings. The first kappa shape index (κ1) is 18.1. The van der Waals surface area contributed by atoms with Crippen LogP contribution in [0, 0.1) is 0 Å². The Morgan fingerprint density at radius 1 is 1.29 bits per heavy atom. The van der Waals surface area contributed by atoms with Gasteiger partial charge in [0.05, 0.1) is 18.8 Å². The first-order valence-corrected chi connectivity index (χ1v) is 9.40. The van der Waals surface area contributed by atoms with Crippen LogP contribution in [0.2, 0.25) is 5.02 Å². The molecular formula is C17H13ClN6O3S. The van der Waals surface area contributed by atoms with Gasteiger partial charge in [0.1, 0.15) is 11.9 Å². The topological polar surface area (TPSA) is 114 Å². The van der Waals surface area contributed by atoms with E-state index in [1.54, 1.807) is 28.8 Å². The number of benzene rings is 1. The van der Waals surface area contributed by atoms with Gasteiger partial charge in [0.15, 0.2) is 0 Å². The first-order chi connectivity index (χ1) is 13.5. The average Bonchev–Trinajstić information content (AvgIpc) is 3.29. The molecule has 1 aromatic carbocycles. The highest BCUT2D eigenvalue weighted by atomic mass is 35.5. The summed E-state index contributed by atoms with van der Waals surface area (Å²) in [6.07, 6.45) is 2.54. The molecule has 2 N–H and O–H groups in total. The highest BCUT2D eigenvalue weighted by Gasteiger charge is 2.16. The van der Waals surface area contributed by atoms with Gasteiger partial charge in [0.25, 0.3) is 11.5 Å². The van der Waals surface area contributed by atoms with Crippen molar-refractivity contribution in [2.45, 2.75) is 13.1 Å². The molecule has 28 heavy (non-hydrogen) atoms. The van der Waals surface area contributed by atoms with Crippen molar-refractivity contribution < 1.29 is 4.79 Å². The fourth-order valence-electron chi connectivity index (χ4n) is 2.68. The van der Waals surface area contributed by atoms with Crippen LogP contribution in [0.15, 0.2) is 51.8 Å². The van der Waals surface area contributed by atoms with E-state index < -0.39 is 17.2 Å². The highest BCUT2D eigenvalue weighted by Crippen LogP contribution is 2.15. The fraction of sp³-hybridized carbons (Fsp3) is 0.118. The van der Waals surface area contributed by atoms with E-state index >= 15 is 0 Å². The summed E-state index contributed by atoms with van der Waals surface area (Å²) < 4.78 is 2.55. The zero-order valence-corrected chi connectivity index (χ0v) is 15.8. The van der Waals surface area contributed by atoms with E-state index in [0.29, 0.717) is 15.5 Å². The number of H-pyrrole nitrogens is 1. The van der Waals surface area contributed by atoms with Crippen LogP contribution in [0.25, 0.3) is 4.96 Å². The zero-order chi connectivity index (χ0) is 19.7. The monoisotopic (exact) mass is 416 g/mol. The molecule has 0 saturated heterocycles. The van der Waals surface area contributed by atoms with Gasteiger partial charge >= 0.3 is 5.69 Å². The number of thiazole rings is 1. The summed E-state index contributed by atoms with van der Waals surface area (Å²) in [6.45, 7) is 0.115. The summed E-state index contributed by atoms with van der Waals surface area (Å²) in [6, 6.07) is 6.88. The molecule has 0 spiro atoms. The van der Waals surface area contributed by atoms with Gasteiger partial charge in [-0.2, -0.15) is 5.10 Å². The number of hydrogen-bond donors (Lipinski definition) is 2. The molecule has 0 atom stereocenters. The standard InChI is InChI=1S/C17H13ClN6O3S/c18-13-4-2-1-3-10(13)7-23-15(26)12(6-20-16(23)27)14(25)19-5-11-8-28-17-21-9-22-24(11)17/h1-4,6,8-9H,5,7H2,(H,19,25)(H,20,27). The van der Waals surface area contributed by atoms with E-state index in [1.807, 2.05) is 5.38 Å².